The standard InChI is InChI=1S/C11H15N/c1-2-4-10(5-3-1)11-6-8-12-9-7-11/h4,6,8-9,11H,1-3,5,7H2. The molecule has 2 aliphatic rings. The molecule has 1 heterocycles. The van der Waals surface area contributed by atoms with E-state index in [0.717, 1.165) is 6.42 Å². The summed E-state index contributed by atoms with van der Waals surface area (Å²) < 4.78 is 0. The van der Waals surface area contributed by atoms with Crippen LogP contribution in [0.25, 0.3) is 0 Å². The Balaban J connectivity index is 2.03. The highest BCUT2D eigenvalue weighted by Gasteiger charge is 2.13. The molecule has 1 nitrogen and oxygen atoms in total. The van der Waals surface area contributed by atoms with Crippen molar-refractivity contribution in [3.8, 4) is 0 Å². The van der Waals surface area contributed by atoms with E-state index >= 15 is 0 Å². The highest BCUT2D eigenvalue weighted by atomic mass is 14.7. The van der Waals surface area contributed by atoms with Crippen LogP contribution in [0.4, 0.5) is 0 Å². The molecule has 0 saturated heterocycles. The smallest absolute Gasteiger partial charge is 0.0230 e. The fourth-order valence-electron chi connectivity index (χ4n) is 1.94. The number of hydrogen-bond donors (Lipinski definition) is 0. The van der Waals surface area contributed by atoms with E-state index in [1.165, 1.54) is 25.7 Å². The maximum atomic E-state index is 4.09. The van der Waals surface area contributed by atoms with Crippen molar-refractivity contribution in [3.63, 3.8) is 0 Å². The largest absolute Gasteiger partial charge is 0.269 e. The third-order valence-corrected chi connectivity index (χ3v) is 2.67. The van der Waals surface area contributed by atoms with Gasteiger partial charge in [0.15, 0.2) is 0 Å². The summed E-state index contributed by atoms with van der Waals surface area (Å²) in [5.74, 6) is 0.669. The van der Waals surface area contributed by atoms with Gasteiger partial charge in [0.2, 0.25) is 0 Å². The van der Waals surface area contributed by atoms with E-state index < -0.39 is 0 Å². The monoisotopic (exact) mass is 161 g/mol. The molecular weight excluding hydrogens is 146 g/mol. The molecule has 0 aromatic rings. The number of nitrogens with zero attached hydrogens (tertiary/aromatic N) is 1. The van der Waals surface area contributed by atoms with Gasteiger partial charge in [-0.25, -0.2) is 0 Å². The lowest BCUT2D eigenvalue weighted by Crippen LogP contribution is -2.06. The van der Waals surface area contributed by atoms with Gasteiger partial charge < -0.3 is 0 Å². The number of hydrogen-bond acceptors (Lipinski definition) is 1. The Morgan fingerprint density at radius 2 is 2.33 bits per heavy atom. The Labute approximate surface area is 73.9 Å². The van der Waals surface area contributed by atoms with Crippen molar-refractivity contribution in [1.29, 1.82) is 0 Å². The molecule has 12 heavy (non-hydrogen) atoms. The van der Waals surface area contributed by atoms with Crippen LogP contribution in [0.15, 0.2) is 28.9 Å². The molecule has 0 saturated carbocycles. The van der Waals surface area contributed by atoms with Crippen LogP contribution in [0, 0.1) is 5.92 Å². The lowest BCUT2D eigenvalue weighted by atomic mass is 9.87. The third kappa shape index (κ3) is 1.66. The van der Waals surface area contributed by atoms with Crippen molar-refractivity contribution in [1.82, 2.24) is 0 Å². The van der Waals surface area contributed by atoms with Gasteiger partial charge in [0.1, 0.15) is 0 Å². The van der Waals surface area contributed by atoms with Gasteiger partial charge in [-0.1, -0.05) is 17.7 Å². The molecule has 1 aliphatic carbocycles. The first-order valence-corrected chi connectivity index (χ1v) is 4.84. The van der Waals surface area contributed by atoms with E-state index in [2.05, 4.69) is 17.1 Å². The van der Waals surface area contributed by atoms with Crippen molar-refractivity contribution in [2.24, 2.45) is 10.9 Å². The minimum Gasteiger partial charge on any atom is -0.269 e. The highest BCUT2D eigenvalue weighted by molar-refractivity contribution is 5.61. The normalized spacial score (nSPS) is 28.7. The van der Waals surface area contributed by atoms with Gasteiger partial charge >= 0.3 is 0 Å². The van der Waals surface area contributed by atoms with Gasteiger partial charge in [-0.05, 0) is 32.1 Å². The Kier molecular flexibility index (Phi) is 2.40. The number of aliphatic imine (C=N–C) groups is 1. The summed E-state index contributed by atoms with van der Waals surface area (Å²) in [5.41, 5.74) is 1.64. The topological polar surface area (TPSA) is 12.4 Å². The Morgan fingerprint density at radius 1 is 1.33 bits per heavy atom. The molecule has 64 valence electrons. The first kappa shape index (κ1) is 7.78. The minimum atomic E-state index is 0.669. The summed E-state index contributed by atoms with van der Waals surface area (Å²) in [4.78, 5) is 4.09. The maximum absolute atomic E-state index is 4.09. The molecule has 0 spiro atoms. The molecule has 0 bridgehead atoms. The van der Waals surface area contributed by atoms with E-state index in [-0.39, 0.29) is 0 Å². The number of rotatable bonds is 1. The summed E-state index contributed by atoms with van der Waals surface area (Å²) in [6.07, 6.45) is 15.1. The van der Waals surface area contributed by atoms with Crippen LogP contribution in [0.2, 0.25) is 0 Å². The molecule has 0 radical (unpaired) electrons. The van der Waals surface area contributed by atoms with Crippen LogP contribution in [-0.4, -0.2) is 6.21 Å². The van der Waals surface area contributed by atoms with Crippen LogP contribution in [0.1, 0.15) is 32.1 Å². The predicted octanol–water partition coefficient (Wildman–Crippen LogP) is 3.09. The zero-order chi connectivity index (χ0) is 8.23. The second kappa shape index (κ2) is 3.70. The zero-order valence-electron chi connectivity index (χ0n) is 7.37. The quantitative estimate of drug-likeness (QED) is 0.524. The molecule has 0 aromatic heterocycles. The van der Waals surface area contributed by atoms with E-state index in [1.807, 2.05) is 12.4 Å². The van der Waals surface area contributed by atoms with Crippen LogP contribution in [0.5, 0.6) is 0 Å². The Bertz CT molecular complexity index is 235. The number of allylic oxidation sites excluding steroid dienone is 3. The molecule has 1 unspecified atom stereocenters. The molecule has 1 heteroatoms. The fraction of sp³-hybridized carbons (Fsp3) is 0.545. The summed E-state index contributed by atoms with van der Waals surface area (Å²) in [5, 5.41) is 0. The Morgan fingerprint density at radius 3 is 3.00 bits per heavy atom. The van der Waals surface area contributed by atoms with E-state index in [0.29, 0.717) is 5.92 Å². The first-order chi connectivity index (χ1) is 5.97. The van der Waals surface area contributed by atoms with Crippen LogP contribution in [-0.2, 0) is 0 Å². The molecule has 1 atom stereocenters. The second-order valence-electron chi connectivity index (χ2n) is 3.54. The SMILES string of the molecule is C1=CC(C2=CCCCC2)CC=N1. The van der Waals surface area contributed by atoms with Crippen molar-refractivity contribution < 1.29 is 0 Å². The fourth-order valence-corrected chi connectivity index (χ4v) is 1.94. The summed E-state index contributed by atoms with van der Waals surface area (Å²) >= 11 is 0. The van der Waals surface area contributed by atoms with Crippen LogP contribution < -0.4 is 0 Å². The summed E-state index contributed by atoms with van der Waals surface area (Å²) in [7, 11) is 0. The molecule has 2 rings (SSSR count). The molecule has 0 amide bonds. The Hall–Kier alpha value is -0.850. The van der Waals surface area contributed by atoms with E-state index in [9.17, 15) is 0 Å². The van der Waals surface area contributed by atoms with Gasteiger partial charge in [0.25, 0.3) is 0 Å². The van der Waals surface area contributed by atoms with Gasteiger partial charge in [-0.15, -0.1) is 0 Å². The minimum absolute atomic E-state index is 0.669. The zero-order valence-corrected chi connectivity index (χ0v) is 7.37. The molecule has 0 fully saturated rings. The lowest BCUT2D eigenvalue weighted by molar-refractivity contribution is 0.632. The van der Waals surface area contributed by atoms with Gasteiger partial charge in [-0.3, -0.25) is 4.99 Å². The molecular formula is C11H15N. The highest BCUT2D eigenvalue weighted by Crippen LogP contribution is 2.27. The van der Waals surface area contributed by atoms with E-state index in [1.54, 1.807) is 5.57 Å². The maximum Gasteiger partial charge on any atom is 0.0230 e. The van der Waals surface area contributed by atoms with Crippen molar-refractivity contribution in [3.05, 3.63) is 23.9 Å². The predicted molar refractivity (Wildman–Crippen MR) is 52.3 cm³/mol. The van der Waals surface area contributed by atoms with E-state index in [4.69, 9.17) is 0 Å². The van der Waals surface area contributed by atoms with Gasteiger partial charge in [0, 0.05) is 18.3 Å². The lowest BCUT2D eigenvalue weighted by Gasteiger charge is -2.20. The first-order valence-electron chi connectivity index (χ1n) is 4.84. The van der Waals surface area contributed by atoms with Gasteiger partial charge in [-0.2, -0.15) is 0 Å². The summed E-state index contributed by atoms with van der Waals surface area (Å²) in [6, 6.07) is 0. The van der Waals surface area contributed by atoms with Crippen molar-refractivity contribution in [2.45, 2.75) is 32.1 Å². The van der Waals surface area contributed by atoms with Crippen LogP contribution in [0.3, 0.4) is 0 Å². The molecule has 1 aliphatic heterocycles. The summed E-state index contributed by atoms with van der Waals surface area (Å²) in [6.45, 7) is 0. The van der Waals surface area contributed by atoms with Crippen molar-refractivity contribution >= 4 is 6.21 Å². The molecule has 0 aromatic carbocycles. The second-order valence-corrected chi connectivity index (χ2v) is 3.54. The third-order valence-electron chi connectivity index (χ3n) is 2.67. The van der Waals surface area contributed by atoms with Crippen LogP contribution >= 0.6 is 0 Å². The average Bonchev–Trinajstić information content (AvgIpc) is 2.21. The average molecular weight is 161 g/mol. The molecule has 0 N–H and O–H groups in total. The van der Waals surface area contributed by atoms with Gasteiger partial charge in [0.05, 0.1) is 0 Å². The van der Waals surface area contributed by atoms with Crippen molar-refractivity contribution in [2.75, 3.05) is 0 Å².